The molecule has 0 aliphatic heterocycles. The van der Waals surface area contributed by atoms with Crippen LogP contribution in [0.2, 0.25) is 0 Å². The number of nitriles is 1. The summed E-state index contributed by atoms with van der Waals surface area (Å²) in [4.78, 5) is 0. The molecule has 1 N–H and O–H groups in total. The quantitative estimate of drug-likeness (QED) is 0.874. The average molecular weight is 345 g/mol. The molecule has 0 heterocycles. The van der Waals surface area contributed by atoms with Crippen LogP contribution in [0.3, 0.4) is 0 Å². The van der Waals surface area contributed by atoms with Gasteiger partial charge in [-0.15, -0.1) is 0 Å². The van der Waals surface area contributed by atoms with Gasteiger partial charge >= 0.3 is 0 Å². The van der Waals surface area contributed by atoms with Crippen LogP contribution in [-0.2, 0) is 6.42 Å². The molecule has 1 unspecified atom stereocenters. The molecule has 2 rings (SSSR count). The van der Waals surface area contributed by atoms with Crippen molar-refractivity contribution in [3.8, 4) is 11.8 Å². The molecule has 4 heteroatoms. The molecule has 3 nitrogen and oxygen atoms in total. The van der Waals surface area contributed by atoms with Gasteiger partial charge in [-0.3, -0.25) is 0 Å². The Balaban J connectivity index is 2.24. The van der Waals surface area contributed by atoms with Crippen LogP contribution in [-0.4, -0.2) is 12.6 Å². The molecule has 0 aromatic heterocycles. The van der Waals surface area contributed by atoms with Crippen molar-refractivity contribution in [2.45, 2.75) is 18.9 Å². The fourth-order valence-electron chi connectivity index (χ4n) is 2.23. The third kappa shape index (κ3) is 3.99. The second-order valence-corrected chi connectivity index (χ2v) is 5.98. The Kier molecular flexibility index (Phi) is 4.87. The second kappa shape index (κ2) is 6.64. The molecular formula is C17H17BrN2O. The van der Waals surface area contributed by atoms with Crippen molar-refractivity contribution in [1.29, 1.82) is 5.26 Å². The van der Waals surface area contributed by atoms with Gasteiger partial charge < -0.3 is 10.1 Å². The van der Waals surface area contributed by atoms with Crippen molar-refractivity contribution >= 4 is 21.6 Å². The van der Waals surface area contributed by atoms with Crippen LogP contribution in [0.25, 0.3) is 0 Å². The molecule has 0 bridgehead atoms. The van der Waals surface area contributed by atoms with Gasteiger partial charge in [-0.2, -0.15) is 5.26 Å². The highest BCUT2D eigenvalue weighted by Gasteiger charge is 2.25. The Morgan fingerprint density at radius 1 is 1.24 bits per heavy atom. The summed E-state index contributed by atoms with van der Waals surface area (Å²) in [5.74, 6) is 0.801. The summed E-state index contributed by atoms with van der Waals surface area (Å²) < 4.78 is 6.34. The van der Waals surface area contributed by atoms with E-state index in [1.807, 2.05) is 55.5 Å². The van der Waals surface area contributed by atoms with Gasteiger partial charge in [0.25, 0.3) is 0 Å². The highest BCUT2D eigenvalue weighted by molar-refractivity contribution is 9.10. The summed E-state index contributed by atoms with van der Waals surface area (Å²) in [5.41, 5.74) is 1.20. The van der Waals surface area contributed by atoms with Crippen LogP contribution in [0, 0.1) is 11.3 Å². The van der Waals surface area contributed by atoms with E-state index >= 15 is 0 Å². The molecular weight excluding hydrogens is 328 g/mol. The number of ether oxygens (including phenoxy) is 1. The zero-order chi connectivity index (χ0) is 15.3. The number of benzene rings is 2. The lowest BCUT2D eigenvalue weighted by atomic mass is 9.93. The van der Waals surface area contributed by atoms with Gasteiger partial charge in [-0.05, 0) is 36.8 Å². The summed E-state index contributed by atoms with van der Waals surface area (Å²) in [7, 11) is 1.64. The lowest BCUT2D eigenvalue weighted by Gasteiger charge is -2.25. The van der Waals surface area contributed by atoms with Gasteiger partial charge in [-0.1, -0.05) is 40.2 Å². The molecule has 0 spiro atoms. The first-order chi connectivity index (χ1) is 10.1. The Hall–Kier alpha value is -1.99. The summed E-state index contributed by atoms with van der Waals surface area (Å²) in [6.07, 6.45) is 0.556. The summed E-state index contributed by atoms with van der Waals surface area (Å²) >= 11 is 3.44. The lowest BCUT2D eigenvalue weighted by Crippen LogP contribution is -2.35. The Labute approximate surface area is 133 Å². The van der Waals surface area contributed by atoms with Crippen LogP contribution in [0.5, 0.6) is 5.75 Å². The van der Waals surface area contributed by atoms with Crippen molar-refractivity contribution in [1.82, 2.24) is 0 Å². The largest absolute Gasteiger partial charge is 0.496 e. The van der Waals surface area contributed by atoms with Crippen molar-refractivity contribution < 1.29 is 4.74 Å². The Morgan fingerprint density at radius 2 is 2.00 bits per heavy atom. The minimum Gasteiger partial charge on any atom is -0.496 e. The maximum absolute atomic E-state index is 9.58. The maximum atomic E-state index is 9.58. The molecule has 1 atom stereocenters. The number of methoxy groups -OCH3 is 1. The fraction of sp³-hybridized carbons (Fsp3) is 0.235. The smallest absolute Gasteiger partial charge is 0.126 e. The first-order valence-electron chi connectivity index (χ1n) is 6.63. The highest BCUT2D eigenvalue weighted by Crippen LogP contribution is 2.26. The molecule has 0 aliphatic carbocycles. The molecule has 2 aromatic rings. The average Bonchev–Trinajstić information content (AvgIpc) is 2.47. The number of hydrogen-bond acceptors (Lipinski definition) is 3. The van der Waals surface area contributed by atoms with E-state index in [-0.39, 0.29) is 0 Å². The zero-order valence-electron chi connectivity index (χ0n) is 12.1. The summed E-state index contributed by atoms with van der Waals surface area (Å²) in [6.45, 7) is 1.89. The third-order valence-electron chi connectivity index (χ3n) is 3.23. The topological polar surface area (TPSA) is 45.0 Å². The molecule has 21 heavy (non-hydrogen) atoms. The number of rotatable bonds is 5. The third-order valence-corrected chi connectivity index (χ3v) is 3.72. The lowest BCUT2D eigenvalue weighted by molar-refractivity contribution is 0.407. The molecule has 0 radical (unpaired) electrons. The van der Waals surface area contributed by atoms with Crippen LogP contribution >= 0.6 is 15.9 Å². The SMILES string of the molecule is COc1ccccc1CC(C)(C#N)Nc1cccc(Br)c1. The van der Waals surface area contributed by atoms with Gasteiger partial charge in [0.05, 0.1) is 13.2 Å². The summed E-state index contributed by atoms with van der Waals surface area (Å²) in [6, 6.07) is 17.9. The standard InChI is InChI=1S/C17H17BrN2O/c1-17(12-19,20-15-8-5-7-14(18)10-15)11-13-6-3-4-9-16(13)21-2/h3-10,20H,11H2,1-2H3. The van der Waals surface area contributed by atoms with Crippen LogP contribution in [0.4, 0.5) is 5.69 Å². The van der Waals surface area contributed by atoms with E-state index in [0.29, 0.717) is 6.42 Å². The van der Waals surface area contributed by atoms with E-state index in [1.54, 1.807) is 7.11 Å². The van der Waals surface area contributed by atoms with Gasteiger partial charge in [0.2, 0.25) is 0 Å². The van der Waals surface area contributed by atoms with E-state index in [0.717, 1.165) is 21.5 Å². The predicted octanol–water partition coefficient (Wildman–Crippen LogP) is 4.39. The second-order valence-electron chi connectivity index (χ2n) is 5.07. The zero-order valence-corrected chi connectivity index (χ0v) is 13.6. The van der Waals surface area contributed by atoms with Crippen LogP contribution in [0.1, 0.15) is 12.5 Å². The van der Waals surface area contributed by atoms with Crippen LogP contribution < -0.4 is 10.1 Å². The van der Waals surface area contributed by atoms with Crippen molar-refractivity contribution in [2.24, 2.45) is 0 Å². The van der Waals surface area contributed by atoms with Crippen molar-refractivity contribution in [3.05, 3.63) is 58.6 Å². The number of halogens is 1. The van der Waals surface area contributed by atoms with Crippen molar-refractivity contribution in [3.63, 3.8) is 0 Å². The molecule has 0 fully saturated rings. The molecule has 0 saturated carbocycles. The number of hydrogen-bond donors (Lipinski definition) is 1. The van der Waals surface area contributed by atoms with E-state index < -0.39 is 5.54 Å². The van der Waals surface area contributed by atoms with Gasteiger partial charge in [-0.25, -0.2) is 0 Å². The molecule has 108 valence electrons. The highest BCUT2D eigenvalue weighted by atomic mass is 79.9. The van der Waals surface area contributed by atoms with Gasteiger partial charge in [0, 0.05) is 16.6 Å². The maximum Gasteiger partial charge on any atom is 0.126 e. The Morgan fingerprint density at radius 3 is 2.67 bits per heavy atom. The predicted molar refractivity (Wildman–Crippen MR) is 88.5 cm³/mol. The minimum atomic E-state index is -0.713. The van der Waals surface area contributed by atoms with E-state index in [4.69, 9.17) is 4.74 Å². The van der Waals surface area contributed by atoms with E-state index in [1.165, 1.54) is 0 Å². The summed E-state index contributed by atoms with van der Waals surface area (Å²) in [5, 5.41) is 12.9. The molecule has 0 amide bonds. The van der Waals surface area contributed by atoms with Gasteiger partial charge in [0.1, 0.15) is 11.3 Å². The molecule has 2 aromatic carbocycles. The monoisotopic (exact) mass is 344 g/mol. The van der Waals surface area contributed by atoms with Crippen molar-refractivity contribution in [2.75, 3.05) is 12.4 Å². The van der Waals surface area contributed by atoms with E-state index in [9.17, 15) is 5.26 Å². The number of anilines is 1. The minimum absolute atomic E-state index is 0.556. The number of para-hydroxylation sites is 1. The van der Waals surface area contributed by atoms with Gasteiger partial charge in [0.15, 0.2) is 0 Å². The molecule has 0 aliphatic rings. The normalized spacial score (nSPS) is 13.0. The first-order valence-corrected chi connectivity index (χ1v) is 7.42. The van der Waals surface area contributed by atoms with Crippen LogP contribution in [0.15, 0.2) is 53.0 Å². The first kappa shape index (κ1) is 15.4. The number of nitrogens with one attached hydrogen (secondary N) is 1. The number of nitrogens with zero attached hydrogens (tertiary/aromatic N) is 1. The molecule has 0 saturated heterocycles. The fourth-order valence-corrected chi connectivity index (χ4v) is 2.63. The van der Waals surface area contributed by atoms with E-state index in [2.05, 4.69) is 27.3 Å². The Bertz CT molecular complexity index is 666.